The molecule has 0 heterocycles. The molecule has 0 saturated carbocycles. The first kappa shape index (κ1) is 36.7. The van der Waals surface area contributed by atoms with E-state index in [9.17, 15) is 0 Å². The first-order chi connectivity index (χ1) is 11.5. The van der Waals surface area contributed by atoms with Crippen molar-refractivity contribution in [3.8, 4) is 0 Å². The van der Waals surface area contributed by atoms with Gasteiger partial charge in [-0.25, -0.2) is 0 Å². The maximum Gasteiger partial charge on any atom is 2.00 e. The van der Waals surface area contributed by atoms with Crippen molar-refractivity contribution < 1.29 is 51.0 Å². The second-order valence-corrected chi connectivity index (χ2v) is 7.14. The SMILES string of the molecule is CC(C)c1cc2ccccc2[cH-]1.CC(C)c1cc2ccccc2[cH-]1.[CH3-].[CH3-].[Cl-].[Cl-].[Si].[Zr+2]. The number of hydrogen-bond donors (Lipinski definition) is 0. The number of hydrogen-bond acceptors (Lipinski definition) is 0. The van der Waals surface area contributed by atoms with Crippen LogP contribution in [0.1, 0.15) is 50.7 Å². The topological polar surface area (TPSA) is 0 Å². The van der Waals surface area contributed by atoms with Crippen LogP contribution < -0.4 is 24.8 Å². The van der Waals surface area contributed by atoms with E-state index in [1.807, 2.05) is 0 Å². The van der Waals surface area contributed by atoms with Crippen LogP contribution in [0.2, 0.25) is 0 Å². The van der Waals surface area contributed by atoms with E-state index in [0.717, 1.165) is 0 Å². The quantitative estimate of drug-likeness (QED) is 0.272. The van der Waals surface area contributed by atoms with Gasteiger partial charge in [0.2, 0.25) is 0 Å². The molecule has 0 unspecified atom stereocenters. The fourth-order valence-corrected chi connectivity index (χ4v) is 3.02. The Labute approximate surface area is 220 Å². The molecule has 4 aromatic carbocycles. The molecule has 0 nitrogen and oxygen atoms in total. The molecule has 162 valence electrons. The van der Waals surface area contributed by atoms with Crippen LogP contribution in [0.3, 0.4) is 0 Å². The van der Waals surface area contributed by atoms with Crippen LogP contribution in [0.15, 0.2) is 72.8 Å². The van der Waals surface area contributed by atoms with Crippen molar-refractivity contribution in [2.45, 2.75) is 39.5 Å². The van der Waals surface area contributed by atoms with Crippen LogP contribution in [0, 0.1) is 14.9 Å². The van der Waals surface area contributed by atoms with Crippen molar-refractivity contribution in [2.24, 2.45) is 0 Å². The van der Waals surface area contributed by atoms with Gasteiger partial charge in [-0.05, 0) is 11.8 Å². The predicted octanol–water partition coefficient (Wildman–Crippen LogP) is 1.89. The van der Waals surface area contributed by atoms with E-state index in [1.165, 1.54) is 32.7 Å². The molecule has 0 saturated heterocycles. The molecule has 0 atom stereocenters. The van der Waals surface area contributed by atoms with Gasteiger partial charge in [-0.3, -0.25) is 0 Å². The molecule has 0 aliphatic heterocycles. The molecule has 0 N–H and O–H groups in total. The summed E-state index contributed by atoms with van der Waals surface area (Å²) in [6.07, 6.45) is 0. The summed E-state index contributed by atoms with van der Waals surface area (Å²) in [5, 5.41) is 5.45. The summed E-state index contributed by atoms with van der Waals surface area (Å²) < 4.78 is 0. The maximum absolute atomic E-state index is 2.28. The Morgan fingerprint density at radius 3 is 1.17 bits per heavy atom. The molecule has 0 fully saturated rings. The van der Waals surface area contributed by atoms with Crippen molar-refractivity contribution >= 4 is 32.5 Å². The smallest absolute Gasteiger partial charge is 1.00 e. The molecular weight excluding hydrogens is 503 g/mol. The molecule has 0 amide bonds. The second kappa shape index (κ2) is 17.0. The Bertz CT molecular complexity index is 794. The van der Waals surface area contributed by atoms with Crippen molar-refractivity contribution in [3.63, 3.8) is 0 Å². The second-order valence-electron chi connectivity index (χ2n) is 7.14. The van der Waals surface area contributed by atoms with Crippen molar-refractivity contribution in [1.29, 1.82) is 0 Å². The third kappa shape index (κ3) is 9.23. The average Bonchev–Trinajstić information content (AvgIpc) is 3.19. The minimum atomic E-state index is 0. The van der Waals surface area contributed by atoms with Gasteiger partial charge in [0.05, 0.1) is 0 Å². The number of benzene rings is 2. The van der Waals surface area contributed by atoms with Gasteiger partial charge in [-0.15, -0.1) is 81.2 Å². The molecule has 0 aliphatic rings. The molecule has 0 aromatic heterocycles. The van der Waals surface area contributed by atoms with Crippen molar-refractivity contribution in [1.82, 2.24) is 0 Å². The minimum absolute atomic E-state index is 0. The Balaban J connectivity index is -0.000000188. The largest absolute Gasteiger partial charge is 2.00 e. The van der Waals surface area contributed by atoms with Crippen LogP contribution in [0.5, 0.6) is 0 Å². The third-order valence-corrected chi connectivity index (χ3v) is 4.61. The van der Waals surface area contributed by atoms with E-state index in [-0.39, 0.29) is 76.8 Å². The average molecular weight is 535 g/mol. The molecule has 4 aromatic rings. The van der Waals surface area contributed by atoms with Crippen molar-refractivity contribution in [2.75, 3.05) is 0 Å². The standard InChI is InChI=1S/2C12H13.2CH3.2ClH.Si.Zr/c2*1-9(2)12-7-10-5-3-4-6-11(10)8-12;;;;;;/h2*3-9H,1-2H3;2*1H3;2*1H;;/q4*-1;;;;+2/p-2. The molecule has 0 bridgehead atoms. The molecule has 4 heteroatoms. The molecule has 30 heavy (non-hydrogen) atoms. The van der Waals surface area contributed by atoms with Crippen molar-refractivity contribution in [3.05, 3.63) is 98.8 Å². The number of rotatable bonds is 2. The third-order valence-electron chi connectivity index (χ3n) is 4.61. The summed E-state index contributed by atoms with van der Waals surface area (Å²) in [7, 11) is 0. The summed E-state index contributed by atoms with van der Waals surface area (Å²) in [5.41, 5.74) is 2.88. The Morgan fingerprint density at radius 1 is 0.600 bits per heavy atom. The van der Waals surface area contributed by atoms with E-state index in [4.69, 9.17) is 0 Å². The van der Waals surface area contributed by atoms with Gasteiger partial charge in [-0.1, -0.05) is 39.8 Å². The van der Waals surface area contributed by atoms with E-state index in [1.54, 1.807) is 0 Å². The summed E-state index contributed by atoms with van der Waals surface area (Å²) in [5.74, 6) is 1.27. The zero-order valence-electron chi connectivity index (χ0n) is 18.8. The van der Waals surface area contributed by atoms with Gasteiger partial charge in [0.15, 0.2) is 0 Å². The van der Waals surface area contributed by atoms with Crippen LogP contribution in [0.4, 0.5) is 0 Å². The van der Waals surface area contributed by atoms with E-state index in [0.29, 0.717) is 11.8 Å². The summed E-state index contributed by atoms with van der Waals surface area (Å²) in [6, 6.07) is 26.1. The minimum Gasteiger partial charge on any atom is -1.00 e. The molecule has 0 spiro atoms. The van der Waals surface area contributed by atoms with E-state index in [2.05, 4.69) is 100 Å². The molecule has 4 radical (unpaired) electrons. The fraction of sp³-hybridized carbons (Fsp3) is 0.231. The van der Waals surface area contributed by atoms with Gasteiger partial charge in [-0.2, -0.15) is 12.1 Å². The van der Waals surface area contributed by atoms with Crippen LogP contribution in [0.25, 0.3) is 21.5 Å². The maximum atomic E-state index is 2.28. The zero-order valence-corrected chi connectivity index (χ0v) is 23.8. The van der Waals surface area contributed by atoms with Gasteiger partial charge in [0.25, 0.3) is 0 Å². The van der Waals surface area contributed by atoms with Gasteiger partial charge in [0, 0.05) is 11.0 Å². The first-order valence-corrected chi connectivity index (χ1v) is 8.85. The molecular formula is C26H32Cl2SiZr-4. The monoisotopic (exact) mass is 532 g/mol. The zero-order chi connectivity index (χ0) is 17.1. The van der Waals surface area contributed by atoms with Crippen LogP contribution in [-0.4, -0.2) is 11.0 Å². The van der Waals surface area contributed by atoms with Gasteiger partial charge >= 0.3 is 26.2 Å². The Kier molecular flexibility index (Phi) is 20.7. The summed E-state index contributed by atoms with van der Waals surface area (Å²) >= 11 is 0. The van der Waals surface area contributed by atoms with Crippen LogP contribution >= 0.6 is 0 Å². The van der Waals surface area contributed by atoms with Gasteiger partial charge < -0.3 is 39.7 Å². The molecule has 4 rings (SSSR count). The van der Waals surface area contributed by atoms with Crippen LogP contribution in [-0.2, 0) is 26.2 Å². The normalized spacial score (nSPS) is 9.00. The van der Waals surface area contributed by atoms with Gasteiger partial charge in [0.1, 0.15) is 0 Å². The Hall–Kier alpha value is -0.660. The fourth-order valence-electron chi connectivity index (χ4n) is 3.02. The number of fused-ring (bicyclic) bond motifs is 2. The van der Waals surface area contributed by atoms with E-state index < -0.39 is 0 Å². The summed E-state index contributed by atoms with van der Waals surface area (Å²) in [6.45, 7) is 8.92. The predicted molar refractivity (Wildman–Crippen MR) is 126 cm³/mol. The Morgan fingerprint density at radius 2 is 0.900 bits per heavy atom. The first-order valence-electron chi connectivity index (χ1n) is 8.85. The molecule has 0 aliphatic carbocycles. The van der Waals surface area contributed by atoms with E-state index >= 15 is 0 Å². The summed E-state index contributed by atoms with van der Waals surface area (Å²) in [4.78, 5) is 0. The number of halogens is 2.